The molecule has 1 aromatic carbocycles. The summed E-state index contributed by atoms with van der Waals surface area (Å²) in [6.07, 6.45) is 2.67. The van der Waals surface area contributed by atoms with Gasteiger partial charge in [0.15, 0.2) is 0 Å². The summed E-state index contributed by atoms with van der Waals surface area (Å²) in [5.74, 6) is 1.46. The minimum atomic E-state index is -3.14. The van der Waals surface area contributed by atoms with E-state index >= 15 is 0 Å². The zero-order chi connectivity index (χ0) is 22.1. The second-order valence-electron chi connectivity index (χ2n) is 9.19. The van der Waals surface area contributed by atoms with Crippen molar-refractivity contribution in [2.75, 3.05) is 19.8 Å². The van der Waals surface area contributed by atoms with E-state index in [1.165, 1.54) is 0 Å². The molecule has 0 unspecified atom stereocenters. The zero-order valence-electron chi connectivity index (χ0n) is 20.0. The molecule has 0 saturated carbocycles. The van der Waals surface area contributed by atoms with Gasteiger partial charge < -0.3 is 22.8 Å². The zero-order valence-corrected chi connectivity index (χ0v) is 21.0. The van der Waals surface area contributed by atoms with Crippen LogP contribution in [-0.4, -0.2) is 39.8 Å². The molecule has 0 bridgehead atoms. The molecule has 0 aliphatic heterocycles. The summed E-state index contributed by atoms with van der Waals surface area (Å²) in [6.45, 7) is 20.2. The van der Waals surface area contributed by atoms with Crippen molar-refractivity contribution >= 4 is 14.0 Å². The van der Waals surface area contributed by atoms with Crippen LogP contribution in [-0.2, 0) is 13.3 Å². The van der Waals surface area contributed by atoms with Crippen LogP contribution < -0.4 is 14.7 Å². The van der Waals surface area contributed by atoms with Gasteiger partial charge in [-0.1, -0.05) is 20.8 Å². The lowest BCUT2D eigenvalue weighted by Crippen LogP contribution is -2.58. The highest BCUT2D eigenvalue weighted by Gasteiger charge is 2.47. The van der Waals surface area contributed by atoms with E-state index in [0.29, 0.717) is 25.6 Å². The maximum Gasteiger partial charge on any atom is 0.541 e. The lowest BCUT2D eigenvalue weighted by Gasteiger charge is -2.33. The smallest absolute Gasteiger partial charge is 0.488 e. The SMILES string of the molecule is CCCO[Si](OCCC)(OCCC)c1ccc(OC(C)(C)C)cc1OC(C)(C)C. The molecule has 0 radical (unpaired) electrons. The van der Waals surface area contributed by atoms with Crippen LogP contribution in [0.2, 0.25) is 0 Å². The summed E-state index contributed by atoms with van der Waals surface area (Å²) in [5.41, 5.74) is -0.680. The van der Waals surface area contributed by atoms with Gasteiger partial charge in [0.05, 0.1) is 5.19 Å². The van der Waals surface area contributed by atoms with Gasteiger partial charge in [-0.15, -0.1) is 0 Å². The topological polar surface area (TPSA) is 46.2 Å². The Labute approximate surface area is 179 Å². The first-order valence-corrected chi connectivity index (χ1v) is 12.6. The van der Waals surface area contributed by atoms with Gasteiger partial charge in [0.25, 0.3) is 0 Å². The minimum absolute atomic E-state index is 0.300. The quantitative estimate of drug-likeness (QED) is 0.415. The van der Waals surface area contributed by atoms with E-state index in [1.54, 1.807) is 0 Å². The number of hydrogen-bond acceptors (Lipinski definition) is 5. The van der Waals surface area contributed by atoms with E-state index in [-0.39, 0.29) is 11.2 Å². The molecule has 0 aromatic heterocycles. The largest absolute Gasteiger partial charge is 0.541 e. The first-order chi connectivity index (χ1) is 13.5. The number of benzene rings is 1. The molecule has 168 valence electrons. The first kappa shape index (κ1) is 26.0. The number of hydrogen-bond donors (Lipinski definition) is 0. The van der Waals surface area contributed by atoms with Crippen molar-refractivity contribution in [3.63, 3.8) is 0 Å². The summed E-state index contributed by atoms with van der Waals surface area (Å²) in [7, 11) is -3.14. The van der Waals surface area contributed by atoms with Crippen molar-refractivity contribution in [2.45, 2.75) is 92.8 Å². The fourth-order valence-electron chi connectivity index (χ4n) is 2.65. The number of rotatable bonds is 12. The molecule has 29 heavy (non-hydrogen) atoms. The van der Waals surface area contributed by atoms with E-state index in [4.69, 9.17) is 22.8 Å². The Hall–Kier alpha value is -1.08. The fraction of sp³-hybridized carbons (Fsp3) is 0.739. The number of ether oxygens (including phenoxy) is 2. The van der Waals surface area contributed by atoms with Crippen LogP contribution in [0.5, 0.6) is 11.5 Å². The Morgan fingerprint density at radius 1 is 0.690 bits per heavy atom. The van der Waals surface area contributed by atoms with Gasteiger partial charge in [0.1, 0.15) is 22.7 Å². The van der Waals surface area contributed by atoms with E-state index < -0.39 is 8.80 Å². The average molecular weight is 427 g/mol. The predicted molar refractivity (Wildman–Crippen MR) is 121 cm³/mol. The van der Waals surface area contributed by atoms with Gasteiger partial charge in [-0.05, 0) is 72.9 Å². The normalized spacial score (nSPS) is 12.9. The standard InChI is InChI=1S/C23H42O5Si/c1-10-15-24-29(25-16-11-2,26-17-12-3)21-14-13-19(27-22(4,5)6)18-20(21)28-23(7,8)9/h13-14,18H,10-12,15-17H2,1-9H3. The molecule has 6 heteroatoms. The lowest BCUT2D eigenvalue weighted by atomic mass is 10.2. The van der Waals surface area contributed by atoms with Gasteiger partial charge in [-0.25, -0.2) is 0 Å². The summed E-state index contributed by atoms with van der Waals surface area (Å²) in [4.78, 5) is 0. The minimum Gasteiger partial charge on any atom is -0.488 e. The van der Waals surface area contributed by atoms with Gasteiger partial charge >= 0.3 is 8.80 Å². The summed E-state index contributed by atoms with van der Waals surface area (Å²) < 4.78 is 31.4. The van der Waals surface area contributed by atoms with Crippen LogP contribution in [0.25, 0.3) is 0 Å². The highest BCUT2D eigenvalue weighted by molar-refractivity contribution is 6.76. The van der Waals surface area contributed by atoms with Crippen LogP contribution >= 0.6 is 0 Å². The molecule has 0 atom stereocenters. The molecule has 0 N–H and O–H groups in total. The van der Waals surface area contributed by atoms with Crippen molar-refractivity contribution in [1.29, 1.82) is 0 Å². The van der Waals surface area contributed by atoms with Crippen LogP contribution in [0.1, 0.15) is 81.6 Å². The van der Waals surface area contributed by atoms with Crippen molar-refractivity contribution in [1.82, 2.24) is 0 Å². The Bertz CT molecular complexity index is 582. The predicted octanol–water partition coefficient (Wildman–Crippen LogP) is 5.47. The second-order valence-corrected chi connectivity index (χ2v) is 11.7. The maximum atomic E-state index is 6.35. The third kappa shape index (κ3) is 9.07. The van der Waals surface area contributed by atoms with Crippen molar-refractivity contribution in [2.24, 2.45) is 0 Å². The highest BCUT2D eigenvalue weighted by Crippen LogP contribution is 2.28. The third-order valence-corrected chi connectivity index (χ3v) is 6.44. The molecule has 0 saturated heterocycles. The van der Waals surface area contributed by atoms with Gasteiger partial charge in [-0.3, -0.25) is 0 Å². The van der Waals surface area contributed by atoms with Crippen LogP contribution in [0.4, 0.5) is 0 Å². The van der Waals surface area contributed by atoms with E-state index in [0.717, 1.165) is 30.2 Å². The Morgan fingerprint density at radius 3 is 1.52 bits per heavy atom. The van der Waals surface area contributed by atoms with E-state index in [2.05, 4.69) is 20.8 Å². The van der Waals surface area contributed by atoms with E-state index in [9.17, 15) is 0 Å². The van der Waals surface area contributed by atoms with Crippen LogP contribution in [0.15, 0.2) is 18.2 Å². The molecule has 0 heterocycles. The molecule has 0 amide bonds. The molecule has 0 aliphatic carbocycles. The van der Waals surface area contributed by atoms with Crippen molar-refractivity contribution in [3.8, 4) is 11.5 Å². The molecular formula is C23H42O5Si. The summed E-state index contributed by atoms with van der Waals surface area (Å²) >= 11 is 0. The monoisotopic (exact) mass is 426 g/mol. The lowest BCUT2D eigenvalue weighted by molar-refractivity contribution is 0.0708. The van der Waals surface area contributed by atoms with Crippen LogP contribution in [0.3, 0.4) is 0 Å². The summed E-state index contributed by atoms with van der Waals surface area (Å²) in [5, 5.41) is 0.865. The molecule has 5 nitrogen and oxygen atoms in total. The maximum absolute atomic E-state index is 6.35. The van der Waals surface area contributed by atoms with Crippen molar-refractivity contribution in [3.05, 3.63) is 18.2 Å². The second kappa shape index (κ2) is 11.3. The van der Waals surface area contributed by atoms with Gasteiger partial charge in [-0.2, -0.15) is 0 Å². The Morgan fingerprint density at radius 2 is 1.14 bits per heavy atom. The average Bonchev–Trinajstić information content (AvgIpc) is 2.59. The van der Waals surface area contributed by atoms with E-state index in [1.807, 2.05) is 59.7 Å². The summed E-state index contributed by atoms with van der Waals surface area (Å²) in [6, 6.07) is 5.89. The van der Waals surface area contributed by atoms with Gasteiger partial charge in [0.2, 0.25) is 0 Å². The third-order valence-electron chi connectivity index (χ3n) is 3.61. The molecule has 1 aromatic rings. The highest BCUT2D eigenvalue weighted by atomic mass is 28.4. The van der Waals surface area contributed by atoms with Crippen LogP contribution in [0, 0.1) is 0 Å². The molecule has 0 fully saturated rings. The molecule has 0 spiro atoms. The van der Waals surface area contributed by atoms with Crippen molar-refractivity contribution < 1.29 is 22.8 Å². The Kier molecular flexibility index (Phi) is 10.2. The Balaban J connectivity index is 3.51. The first-order valence-electron chi connectivity index (χ1n) is 10.9. The van der Waals surface area contributed by atoms with Gasteiger partial charge in [0, 0.05) is 25.9 Å². The molecule has 1 rings (SSSR count). The molecular weight excluding hydrogens is 384 g/mol. The fourth-order valence-corrected chi connectivity index (χ4v) is 5.50. The molecule has 0 aliphatic rings.